The van der Waals surface area contributed by atoms with E-state index in [-0.39, 0.29) is 0 Å². The molecule has 17 heavy (non-hydrogen) atoms. The number of likely N-dealkylation sites (N-methyl/N-ethyl adjacent to an activating group) is 1. The molecule has 0 heterocycles. The molecule has 0 spiro atoms. The highest BCUT2D eigenvalue weighted by Gasteiger charge is 2.25. The van der Waals surface area contributed by atoms with Crippen LogP contribution < -0.4 is 0 Å². The summed E-state index contributed by atoms with van der Waals surface area (Å²) < 4.78 is 5.62. The second kappa shape index (κ2) is 7.38. The fraction of sp³-hybridized carbons (Fsp3) is 1.00. The molecular weight excluding hydrogens is 210 g/mol. The predicted octanol–water partition coefficient (Wildman–Crippen LogP) is 3.56. The zero-order valence-electron chi connectivity index (χ0n) is 12.4. The molecule has 0 N–H and O–H groups in total. The van der Waals surface area contributed by atoms with Gasteiger partial charge in [-0.15, -0.1) is 0 Å². The summed E-state index contributed by atoms with van der Waals surface area (Å²) in [6, 6.07) is 0.792. The van der Waals surface area contributed by atoms with Gasteiger partial charge in [0.2, 0.25) is 0 Å². The molecule has 0 saturated heterocycles. The lowest BCUT2D eigenvalue weighted by atomic mass is 9.79. The Kier molecular flexibility index (Phi) is 6.50. The molecular formula is C15H31NO. The van der Waals surface area contributed by atoms with Crippen LogP contribution in [0.5, 0.6) is 0 Å². The van der Waals surface area contributed by atoms with E-state index in [2.05, 4.69) is 39.6 Å². The molecule has 2 nitrogen and oxygen atoms in total. The first-order valence-electron chi connectivity index (χ1n) is 7.32. The second-order valence-corrected chi connectivity index (χ2v) is 6.21. The normalized spacial score (nSPS) is 26.1. The molecule has 1 fully saturated rings. The third kappa shape index (κ3) is 5.39. The van der Waals surface area contributed by atoms with Crippen LogP contribution >= 0.6 is 0 Å². The minimum absolute atomic E-state index is 0.361. The van der Waals surface area contributed by atoms with Gasteiger partial charge in [-0.05, 0) is 58.4 Å². The third-order valence-electron chi connectivity index (χ3n) is 4.20. The van der Waals surface area contributed by atoms with Gasteiger partial charge >= 0.3 is 0 Å². The monoisotopic (exact) mass is 241 g/mol. The summed E-state index contributed by atoms with van der Waals surface area (Å²) in [5, 5.41) is 0. The van der Waals surface area contributed by atoms with Gasteiger partial charge in [0, 0.05) is 12.6 Å². The second-order valence-electron chi connectivity index (χ2n) is 6.21. The molecule has 0 aliphatic heterocycles. The number of rotatable bonds is 6. The van der Waals surface area contributed by atoms with Crippen molar-refractivity contribution in [3.8, 4) is 0 Å². The highest BCUT2D eigenvalue weighted by Crippen LogP contribution is 2.31. The summed E-state index contributed by atoms with van der Waals surface area (Å²) in [4.78, 5) is 2.50. The molecule has 1 saturated carbocycles. The van der Waals surface area contributed by atoms with Gasteiger partial charge in [0.15, 0.2) is 0 Å². The van der Waals surface area contributed by atoms with E-state index in [1.807, 2.05) is 0 Å². The summed E-state index contributed by atoms with van der Waals surface area (Å²) in [6.45, 7) is 10.9. The van der Waals surface area contributed by atoms with Crippen molar-refractivity contribution >= 4 is 0 Å². The summed E-state index contributed by atoms with van der Waals surface area (Å²) in [5.74, 6) is 1.83. The van der Waals surface area contributed by atoms with Gasteiger partial charge < -0.3 is 9.64 Å². The van der Waals surface area contributed by atoms with Crippen LogP contribution in [0.15, 0.2) is 0 Å². The number of nitrogens with zero attached hydrogens (tertiary/aromatic N) is 1. The Balaban J connectivity index is 2.19. The van der Waals surface area contributed by atoms with E-state index in [0.717, 1.165) is 31.0 Å². The summed E-state index contributed by atoms with van der Waals surface area (Å²) in [6.07, 6.45) is 5.94. The van der Waals surface area contributed by atoms with Gasteiger partial charge in [-0.25, -0.2) is 0 Å². The van der Waals surface area contributed by atoms with Gasteiger partial charge in [0.25, 0.3) is 0 Å². The first-order chi connectivity index (χ1) is 8.00. The molecule has 0 radical (unpaired) electrons. The van der Waals surface area contributed by atoms with Gasteiger partial charge in [0.05, 0.1) is 12.7 Å². The van der Waals surface area contributed by atoms with E-state index in [1.54, 1.807) is 0 Å². The standard InChI is InChI=1S/C15H31NO/c1-12(2)14-6-8-15(9-7-14)16(5)10-11-17-13(3)4/h12-15H,6-11H2,1-5H3. The molecule has 1 rings (SSSR count). The first kappa shape index (κ1) is 15.0. The highest BCUT2D eigenvalue weighted by atomic mass is 16.5. The average Bonchev–Trinajstić information content (AvgIpc) is 2.28. The van der Waals surface area contributed by atoms with Gasteiger partial charge in [-0.3, -0.25) is 0 Å². The van der Waals surface area contributed by atoms with E-state index in [4.69, 9.17) is 4.74 Å². The number of hydrogen-bond donors (Lipinski definition) is 0. The van der Waals surface area contributed by atoms with Crippen molar-refractivity contribution in [2.45, 2.75) is 65.5 Å². The summed E-state index contributed by atoms with van der Waals surface area (Å²) >= 11 is 0. The van der Waals surface area contributed by atoms with E-state index in [1.165, 1.54) is 25.7 Å². The quantitative estimate of drug-likeness (QED) is 0.705. The largest absolute Gasteiger partial charge is 0.377 e. The molecule has 2 heteroatoms. The molecule has 0 bridgehead atoms. The molecule has 0 unspecified atom stereocenters. The summed E-state index contributed by atoms with van der Waals surface area (Å²) in [5.41, 5.74) is 0. The first-order valence-corrected chi connectivity index (χ1v) is 7.32. The maximum absolute atomic E-state index is 5.62. The number of hydrogen-bond acceptors (Lipinski definition) is 2. The molecule has 0 atom stereocenters. The van der Waals surface area contributed by atoms with Crippen LogP contribution in [0.3, 0.4) is 0 Å². The molecule has 0 amide bonds. The van der Waals surface area contributed by atoms with Crippen LogP contribution in [0.25, 0.3) is 0 Å². The molecule has 1 aliphatic carbocycles. The third-order valence-corrected chi connectivity index (χ3v) is 4.20. The van der Waals surface area contributed by atoms with E-state index >= 15 is 0 Å². The zero-order chi connectivity index (χ0) is 12.8. The molecule has 0 aromatic carbocycles. The topological polar surface area (TPSA) is 12.5 Å². The number of ether oxygens (including phenoxy) is 1. The minimum Gasteiger partial charge on any atom is -0.377 e. The Morgan fingerprint density at radius 3 is 2.12 bits per heavy atom. The fourth-order valence-corrected chi connectivity index (χ4v) is 2.82. The Bertz CT molecular complexity index is 195. The van der Waals surface area contributed by atoms with Crippen LogP contribution in [0.4, 0.5) is 0 Å². The SMILES string of the molecule is CC(C)OCCN(C)C1CCC(C(C)C)CC1. The van der Waals surface area contributed by atoms with Crippen molar-refractivity contribution in [2.75, 3.05) is 20.2 Å². The zero-order valence-corrected chi connectivity index (χ0v) is 12.4. The van der Waals surface area contributed by atoms with Crippen LogP contribution in [-0.2, 0) is 4.74 Å². The Hall–Kier alpha value is -0.0800. The Morgan fingerprint density at radius 2 is 1.65 bits per heavy atom. The van der Waals surface area contributed by atoms with Crippen LogP contribution in [0.1, 0.15) is 53.4 Å². The van der Waals surface area contributed by atoms with Gasteiger partial charge in [0.1, 0.15) is 0 Å². The maximum Gasteiger partial charge on any atom is 0.0596 e. The van der Waals surface area contributed by atoms with Crippen molar-refractivity contribution in [3.63, 3.8) is 0 Å². The predicted molar refractivity (Wildman–Crippen MR) is 74.3 cm³/mol. The van der Waals surface area contributed by atoms with E-state index in [0.29, 0.717) is 6.10 Å². The molecule has 102 valence electrons. The molecule has 0 aromatic heterocycles. The minimum atomic E-state index is 0.361. The van der Waals surface area contributed by atoms with Crippen molar-refractivity contribution in [2.24, 2.45) is 11.8 Å². The Labute approximate surface area is 108 Å². The molecule has 0 aromatic rings. The lowest BCUT2D eigenvalue weighted by Crippen LogP contribution is -2.38. The van der Waals surface area contributed by atoms with Gasteiger partial charge in [-0.2, -0.15) is 0 Å². The smallest absolute Gasteiger partial charge is 0.0596 e. The fourth-order valence-electron chi connectivity index (χ4n) is 2.82. The van der Waals surface area contributed by atoms with Gasteiger partial charge in [-0.1, -0.05) is 13.8 Å². The van der Waals surface area contributed by atoms with E-state index in [9.17, 15) is 0 Å². The van der Waals surface area contributed by atoms with Crippen molar-refractivity contribution in [1.29, 1.82) is 0 Å². The Morgan fingerprint density at radius 1 is 1.06 bits per heavy atom. The van der Waals surface area contributed by atoms with Crippen molar-refractivity contribution in [3.05, 3.63) is 0 Å². The summed E-state index contributed by atoms with van der Waals surface area (Å²) in [7, 11) is 2.25. The van der Waals surface area contributed by atoms with Crippen molar-refractivity contribution in [1.82, 2.24) is 4.90 Å². The van der Waals surface area contributed by atoms with Crippen LogP contribution in [-0.4, -0.2) is 37.2 Å². The van der Waals surface area contributed by atoms with Crippen LogP contribution in [0, 0.1) is 11.8 Å². The highest BCUT2D eigenvalue weighted by molar-refractivity contribution is 4.79. The molecule has 1 aliphatic rings. The lowest BCUT2D eigenvalue weighted by molar-refractivity contribution is 0.0476. The average molecular weight is 241 g/mol. The maximum atomic E-state index is 5.62. The lowest BCUT2D eigenvalue weighted by Gasteiger charge is -2.36. The van der Waals surface area contributed by atoms with Crippen LogP contribution in [0.2, 0.25) is 0 Å². The van der Waals surface area contributed by atoms with Crippen molar-refractivity contribution < 1.29 is 4.74 Å². The van der Waals surface area contributed by atoms with E-state index < -0.39 is 0 Å².